The van der Waals surface area contributed by atoms with Crippen molar-refractivity contribution in [3.8, 4) is 0 Å². The Labute approximate surface area is 98.6 Å². The molecular weight excluding hydrogens is 228 g/mol. The average molecular weight is 241 g/mol. The predicted octanol–water partition coefficient (Wildman–Crippen LogP) is 1.21. The number of amides is 1. The molecule has 2 N–H and O–H groups in total. The van der Waals surface area contributed by atoms with Crippen LogP contribution in [0.4, 0.5) is 5.82 Å². The second kappa shape index (κ2) is 5.23. The lowest BCUT2D eigenvalue weighted by atomic mass is 10.0. The third-order valence-corrected chi connectivity index (χ3v) is 2.71. The normalized spacial score (nSPS) is 20.4. The van der Waals surface area contributed by atoms with Crippen LogP contribution in [0.3, 0.4) is 0 Å². The van der Waals surface area contributed by atoms with E-state index in [-0.39, 0.29) is 11.9 Å². The van der Waals surface area contributed by atoms with Crippen LogP contribution in [0, 0.1) is 0 Å². The number of carbonyl (C=O) groups excluding carboxylic acids is 1. The lowest BCUT2D eigenvalue weighted by Crippen LogP contribution is -2.43. The van der Waals surface area contributed by atoms with Gasteiger partial charge in [0.25, 0.3) is 0 Å². The summed E-state index contributed by atoms with van der Waals surface area (Å²) >= 11 is 5.60. The molecule has 0 unspecified atom stereocenters. The Kier molecular flexibility index (Phi) is 3.69. The van der Waals surface area contributed by atoms with E-state index < -0.39 is 0 Å². The van der Waals surface area contributed by atoms with Gasteiger partial charge in [-0.15, -0.1) is 10.2 Å². The highest BCUT2D eigenvalue weighted by molar-refractivity contribution is 6.29. The molecule has 1 aliphatic heterocycles. The molecule has 0 saturated carbocycles. The van der Waals surface area contributed by atoms with Crippen LogP contribution in [0.25, 0.3) is 0 Å². The van der Waals surface area contributed by atoms with E-state index >= 15 is 0 Å². The van der Waals surface area contributed by atoms with Crippen LogP contribution in [0.15, 0.2) is 12.1 Å². The fourth-order valence-corrected chi connectivity index (χ4v) is 1.77. The molecule has 16 heavy (non-hydrogen) atoms. The van der Waals surface area contributed by atoms with E-state index in [4.69, 9.17) is 11.6 Å². The van der Waals surface area contributed by atoms with E-state index in [2.05, 4.69) is 20.8 Å². The molecule has 2 rings (SSSR count). The van der Waals surface area contributed by atoms with Gasteiger partial charge in [-0.05, 0) is 31.5 Å². The zero-order chi connectivity index (χ0) is 11.4. The number of hydrogen-bond acceptors (Lipinski definition) is 4. The summed E-state index contributed by atoms with van der Waals surface area (Å²) in [5.41, 5.74) is 0. The number of hydrogen-bond donors (Lipinski definition) is 2. The standard InChI is InChI=1S/C10H13ClN4O/c11-8-4-5-9(15-14-8)13-10(16)7-3-1-2-6-12-7/h4-5,7,12H,1-3,6H2,(H,13,15,16)/t7-/m0/s1. The zero-order valence-corrected chi connectivity index (χ0v) is 9.50. The molecule has 6 heteroatoms. The minimum absolute atomic E-state index is 0.0590. The summed E-state index contributed by atoms with van der Waals surface area (Å²) in [5, 5.41) is 13.6. The van der Waals surface area contributed by atoms with Gasteiger partial charge in [0.15, 0.2) is 11.0 Å². The minimum Gasteiger partial charge on any atom is -0.308 e. The number of carbonyl (C=O) groups is 1. The van der Waals surface area contributed by atoms with Crippen LogP contribution in [0.1, 0.15) is 19.3 Å². The molecule has 1 atom stereocenters. The van der Waals surface area contributed by atoms with Crippen LogP contribution in [0.2, 0.25) is 5.15 Å². The van der Waals surface area contributed by atoms with Crippen molar-refractivity contribution in [2.75, 3.05) is 11.9 Å². The van der Waals surface area contributed by atoms with Gasteiger partial charge in [0.1, 0.15) is 0 Å². The molecule has 2 heterocycles. The topological polar surface area (TPSA) is 66.9 Å². The SMILES string of the molecule is O=C(Nc1ccc(Cl)nn1)[C@@H]1CCCCN1. The van der Waals surface area contributed by atoms with Crippen molar-refractivity contribution in [3.63, 3.8) is 0 Å². The molecule has 0 aromatic carbocycles. The highest BCUT2D eigenvalue weighted by Gasteiger charge is 2.20. The lowest BCUT2D eigenvalue weighted by Gasteiger charge is -2.22. The summed E-state index contributed by atoms with van der Waals surface area (Å²) in [6, 6.07) is 3.11. The molecule has 1 fully saturated rings. The van der Waals surface area contributed by atoms with Crippen LogP contribution < -0.4 is 10.6 Å². The van der Waals surface area contributed by atoms with Gasteiger partial charge in [0, 0.05) is 0 Å². The maximum atomic E-state index is 11.8. The van der Waals surface area contributed by atoms with Crippen molar-refractivity contribution in [3.05, 3.63) is 17.3 Å². The second-order valence-electron chi connectivity index (χ2n) is 3.73. The molecule has 0 radical (unpaired) electrons. The summed E-state index contributed by atoms with van der Waals surface area (Å²) in [4.78, 5) is 11.8. The smallest absolute Gasteiger partial charge is 0.242 e. The van der Waals surface area contributed by atoms with E-state index in [0.29, 0.717) is 11.0 Å². The largest absolute Gasteiger partial charge is 0.308 e. The molecule has 86 valence electrons. The molecule has 0 bridgehead atoms. The molecule has 0 aliphatic carbocycles. The van der Waals surface area contributed by atoms with E-state index in [1.165, 1.54) is 0 Å². The first-order valence-electron chi connectivity index (χ1n) is 5.29. The fraction of sp³-hybridized carbons (Fsp3) is 0.500. The quantitative estimate of drug-likeness (QED) is 0.816. The van der Waals surface area contributed by atoms with Gasteiger partial charge >= 0.3 is 0 Å². The fourth-order valence-electron chi connectivity index (χ4n) is 1.67. The van der Waals surface area contributed by atoms with Crippen LogP contribution in [-0.2, 0) is 4.79 Å². The molecular formula is C10H13ClN4O. The highest BCUT2D eigenvalue weighted by Crippen LogP contribution is 2.10. The minimum atomic E-state index is -0.119. The second-order valence-corrected chi connectivity index (χ2v) is 4.12. The number of anilines is 1. The predicted molar refractivity (Wildman–Crippen MR) is 61.3 cm³/mol. The van der Waals surface area contributed by atoms with Gasteiger partial charge in [-0.3, -0.25) is 4.79 Å². The number of nitrogens with zero attached hydrogens (tertiary/aromatic N) is 2. The molecule has 0 spiro atoms. The van der Waals surface area contributed by atoms with Crippen LogP contribution in [0.5, 0.6) is 0 Å². The average Bonchev–Trinajstić information content (AvgIpc) is 2.33. The maximum absolute atomic E-state index is 11.8. The van der Waals surface area contributed by atoms with Gasteiger partial charge in [0.2, 0.25) is 5.91 Å². The summed E-state index contributed by atoms with van der Waals surface area (Å²) in [6.45, 7) is 0.893. The van der Waals surface area contributed by atoms with E-state index in [9.17, 15) is 4.79 Å². The molecule has 1 saturated heterocycles. The number of piperidine rings is 1. The van der Waals surface area contributed by atoms with Crippen LogP contribution >= 0.6 is 11.6 Å². The van der Waals surface area contributed by atoms with Gasteiger partial charge in [-0.2, -0.15) is 0 Å². The van der Waals surface area contributed by atoms with Crippen molar-refractivity contribution >= 4 is 23.3 Å². The monoisotopic (exact) mass is 240 g/mol. The first-order chi connectivity index (χ1) is 7.75. The molecule has 1 amide bonds. The summed E-state index contributed by atoms with van der Waals surface area (Å²) in [7, 11) is 0. The Morgan fingerprint density at radius 3 is 2.94 bits per heavy atom. The number of halogens is 1. The van der Waals surface area contributed by atoms with Gasteiger partial charge < -0.3 is 10.6 Å². The summed E-state index contributed by atoms with van der Waals surface area (Å²) in [6.07, 6.45) is 3.08. The molecule has 1 aromatic rings. The molecule has 5 nitrogen and oxygen atoms in total. The lowest BCUT2D eigenvalue weighted by molar-refractivity contribution is -0.118. The zero-order valence-electron chi connectivity index (χ0n) is 8.74. The number of nitrogens with one attached hydrogen (secondary N) is 2. The van der Waals surface area contributed by atoms with Gasteiger partial charge in [-0.25, -0.2) is 0 Å². The van der Waals surface area contributed by atoms with Crippen molar-refractivity contribution in [2.45, 2.75) is 25.3 Å². The van der Waals surface area contributed by atoms with Crippen molar-refractivity contribution in [2.24, 2.45) is 0 Å². The van der Waals surface area contributed by atoms with Crippen molar-refractivity contribution < 1.29 is 4.79 Å². The Morgan fingerprint density at radius 1 is 1.44 bits per heavy atom. The van der Waals surface area contributed by atoms with Crippen molar-refractivity contribution in [1.82, 2.24) is 15.5 Å². The van der Waals surface area contributed by atoms with Crippen LogP contribution in [-0.4, -0.2) is 28.7 Å². The third-order valence-electron chi connectivity index (χ3n) is 2.51. The third kappa shape index (κ3) is 2.90. The van der Waals surface area contributed by atoms with Gasteiger partial charge in [0.05, 0.1) is 6.04 Å². The first kappa shape index (κ1) is 11.3. The molecule has 1 aliphatic rings. The Hall–Kier alpha value is -1.20. The summed E-state index contributed by atoms with van der Waals surface area (Å²) < 4.78 is 0. The Balaban J connectivity index is 1.93. The number of rotatable bonds is 2. The molecule has 1 aromatic heterocycles. The Bertz CT molecular complexity index is 362. The van der Waals surface area contributed by atoms with E-state index in [1.807, 2.05) is 0 Å². The maximum Gasteiger partial charge on any atom is 0.242 e. The van der Waals surface area contributed by atoms with E-state index in [0.717, 1.165) is 25.8 Å². The Morgan fingerprint density at radius 2 is 2.31 bits per heavy atom. The van der Waals surface area contributed by atoms with Crippen molar-refractivity contribution in [1.29, 1.82) is 0 Å². The summed E-state index contributed by atoms with van der Waals surface area (Å²) in [5.74, 6) is 0.373. The van der Waals surface area contributed by atoms with E-state index in [1.54, 1.807) is 12.1 Å². The number of aromatic nitrogens is 2. The highest BCUT2D eigenvalue weighted by atomic mass is 35.5. The first-order valence-corrected chi connectivity index (χ1v) is 5.67. The van der Waals surface area contributed by atoms with Gasteiger partial charge in [-0.1, -0.05) is 18.0 Å².